The maximum absolute atomic E-state index is 12.8. The summed E-state index contributed by atoms with van der Waals surface area (Å²) in [5, 5.41) is 2.70. The lowest BCUT2D eigenvalue weighted by atomic mass is 9.97. The van der Waals surface area contributed by atoms with Crippen LogP contribution in [0.4, 0.5) is 5.82 Å². The number of benzene rings is 1. The molecule has 1 N–H and O–H groups in total. The lowest BCUT2D eigenvalue weighted by Gasteiger charge is -2.32. The van der Waals surface area contributed by atoms with Crippen molar-refractivity contribution >= 4 is 22.8 Å². The molecule has 6 heteroatoms. The Labute approximate surface area is 135 Å². The minimum Gasteiger partial charge on any atom is -0.359 e. The molecule has 3 rings (SSSR count). The van der Waals surface area contributed by atoms with Crippen LogP contribution < -0.4 is 15.8 Å². The van der Waals surface area contributed by atoms with Gasteiger partial charge in [-0.05, 0) is 31.9 Å². The first-order valence-corrected chi connectivity index (χ1v) is 8.11. The van der Waals surface area contributed by atoms with E-state index < -0.39 is 0 Å². The van der Waals surface area contributed by atoms with Gasteiger partial charge in [-0.25, -0.2) is 4.98 Å². The van der Waals surface area contributed by atoms with Crippen LogP contribution >= 0.6 is 0 Å². The molecular formula is C17H22N4O2. The minimum absolute atomic E-state index is 0.0336. The van der Waals surface area contributed by atoms with Crippen LogP contribution in [-0.2, 0) is 11.3 Å². The number of rotatable bonds is 3. The van der Waals surface area contributed by atoms with Gasteiger partial charge in [-0.1, -0.05) is 12.1 Å². The first-order valence-electron chi connectivity index (χ1n) is 8.11. The Morgan fingerprint density at radius 3 is 2.91 bits per heavy atom. The maximum Gasteiger partial charge on any atom is 0.293 e. The molecule has 0 aliphatic carbocycles. The number of hydrogen-bond donors (Lipinski definition) is 1. The molecule has 2 aromatic rings. The number of carbonyl (C=O) groups is 1. The summed E-state index contributed by atoms with van der Waals surface area (Å²) in [6, 6.07) is 7.68. The predicted octanol–water partition coefficient (Wildman–Crippen LogP) is 1.38. The van der Waals surface area contributed by atoms with Crippen molar-refractivity contribution in [3.05, 3.63) is 34.6 Å². The lowest BCUT2D eigenvalue weighted by Crippen LogP contribution is -2.45. The van der Waals surface area contributed by atoms with E-state index in [0.717, 1.165) is 30.4 Å². The highest BCUT2D eigenvalue weighted by Gasteiger charge is 2.27. The Balaban J connectivity index is 2.04. The number of piperidine rings is 1. The molecule has 1 amide bonds. The number of carbonyl (C=O) groups excluding carboxylic acids is 1. The standard InChI is InChI=1S/C17H22N4O2/c1-3-21-14-9-5-4-8-13(14)19-15(17(21)23)20-10-6-7-12(11-20)16(22)18-2/h4-5,8-9,12H,3,6-7,10-11H2,1-2H3,(H,18,22). The molecule has 1 aromatic carbocycles. The highest BCUT2D eigenvalue weighted by Crippen LogP contribution is 2.21. The Bertz CT molecular complexity index is 784. The van der Waals surface area contributed by atoms with Crippen molar-refractivity contribution in [3.8, 4) is 0 Å². The highest BCUT2D eigenvalue weighted by atomic mass is 16.2. The molecule has 1 aliphatic rings. The fourth-order valence-corrected chi connectivity index (χ4v) is 3.29. The summed E-state index contributed by atoms with van der Waals surface area (Å²) in [5.74, 6) is 0.405. The second kappa shape index (κ2) is 6.40. The van der Waals surface area contributed by atoms with Gasteiger partial charge in [-0.15, -0.1) is 0 Å². The molecule has 1 aliphatic heterocycles. The second-order valence-electron chi connectivity index (χ2n) is 5.87. The van der Waals surface area contributed by atoms with Crippen LogP contribution in [0.3, 0.4) is 0 Å². The number of nitrogens with zero attached hydrogens (tertiary/aromatic N) is 3. The second-order valence-corrected chi connectivity index (χ2v) is 5.87. The molecule has 1 saturated heterocycles. The third kappa shape index (κ3) is 2.81. The molecule has 1 fully saturated rings. The number of anilines is 1. The van der Waals surface area contributed by atoms with E-state index >= 15 is 0 Å². The molecule has 0 saturated carbocycles. The van der Waals surface area contributed by atoms with E-state index in [2.05, 4.69) is 10.3 Å². The van der Waals surface area contributed by atoms with Gasteiger partial charge >= 0.3 is 0 Å². The first kappa shape index (κ1) is 15.5. The van der Waals surface area contributed by atoms with Crippen molar-refractivity contribution in [2.75, 3.05) is 25.0 Å². The number of amides is 1. The fraction of sp³-hybridized carbons (Fsp3) is 0.471. The summed E-state index contributed by atoms with van der Waals surface area (Å²) in [6.45, 7) is 3.87. The van der Waals surface area contributed by atoms with Crippen LogP contribution in [0.15, 0.2) is 29.1 Å². The van der Waals surface area contributed by atoms with Gasteiger partial charge in [0.25, 0.3) is 5.56 Å². The van der Waals surface area contributed by atoms with E-state index in [-0.39, 0.29) is 17.4 Å². The summed E-state index contributed by atoms with van der Waals surface area (Å²) in [4.78, 5) is 31.3. The number of aromatic nitrogens is 2. The number of aryl methyl sites for hydroxylation is 1. The first-order chi connectivity index (χ1) is 11.2. The highest BCUT2D eigenvalue weighted by molar-refractivity contribution is 5.79. The lowest BCUT2D eigenvalue weighted by molar-refractivity contribution is -0.124. The number of fused-ring (bicyclic) bond motifs is 1. The summed E-state index contributed by atoms with van der Waals surface area (Å²) in [7, 11) is 1.65. The maximum atomic E-state index is 12.8. The normalized spacial score (nSPS) is 18.2. The molecule has 0 radical (unpaired) electrons. The van der Waals surface area contributed by atoms with E-state index in [9.17, 15) is 9.59 Å². The molecule has 1 aromatic heterocycles. The SMILES string of the molecule is CCn1c(=O)c(N2CCCC(C(=O)NC)C2)nc2ccccc21. The van der Waals surface area contributed by atoms with E-state index in [4.69, 9.17) is 0 Å². The van der Waals surface area contributed by atoms with Gasteiger partial charge in [0.1, 0.15) is 0 Å². The van der Waals surface area contributed by atoms with E-state index in [0.29, 0.717) is 18.9 Å². The van der Waals surface area contributed by atoms with Crippen LogP contribution in [0.5, 0.6) is 0 Å². The Morgan fingerprint density at radius 2 is 2.17 bits per heavy atom. The van der Waals surface area contributed by atoms with Crippen molar-refractivity contribution in [2.24, 2.45) is 5.92 Å². The number of hydrogen-bond acceptors (Lipinski definition) is 4. The third-order valence-electron chi connectivity index (χ3n) is 4.49. The Kier molecular flexibility index (Phi) is 4.32. The van der Waals surface area contributed by atoms with Crippen LogP contribution in [0, 0.1) is 5.92 Å². The molecule has 6 nitrogen and oxygen atoms in total. The van der Waals surface area contributed by atoms with Gasteiger partial charge in [0, 0.05) is 26.7 Å². The molecule has 122 valence electrons. The zero-order valence-electron chi connectivity index (χ0n) is 13.6. The summed E-state index contributed by atoms with van der Waals surface area (Å²) in [5.41, 5.74) is 1.58. The predicted molar refractivity (Wildman–Crippen MR) is 90.7 cm³/mol. The van der Waals surface area contributed by atoms with Crippen molar-refractivity contribution in [3.63, 3.8) is 0 Å². The van der Waals surface area contributed by atoms with Gasteiger partial charge in [0.05, 0.1) is 17.0 Å². The number of para-hydroxylation sites is 2. The topological polar surface area (TPSA) is 67.2 Å². The zero-order chi connectivity index (χ0) is 16.4. The molecule has 2 heterocycles. The van der Waals surface area contributed by atoms with Crippen molar-refractivity contribution in [2.45, 2.75) is 26.3 Å². The van der Waals surface area contributed by atoms with Crippen LogP contribution in [-0.4, -0.2) is 35.6 Å². The van der Waals surface area contributed by atoms with Crippen molar-refractivity contribution in [1.29, 1.82) is 0 Å². The van der Waals surface area contributed by atoms with Crippen LogP contribution in [0.2, 0.25) is 0 Å². The van der Waals surface area contributed by atoms with Crippen molar-refractivity contribution < 1.29 is 4.79 Å². The molecule has 0 bridgehead atoms. The largest absolute Gasteiger partial charge is 0.359 e. The Hall–Kier alpha value is -2.37. The summed E-state index contributed by atoms with van der Waals surface area (Å²) >= 11 is 0. The van der Waals surface area contributed by atoms with E-state index in [1.165, 1.54) is 0 Å². The summed E-state index contributed by atoms with van der Waals surface area (Å²) in [6.07, 6.45) is 1.74. The fourth-order valence-electron chi connectivity index (χ4n) is 3.29. The van der Waals surface area contributed by atoms with Crippen LogP contribution in [0.1, 0.15) is 19.8 Å². The van der Waals surface area contributed by atoms with Crippen LogP contribution in [0.25, 0.3) is 11.0 Å². The van der Waals surface area contributed by atoms with Gasteiger partial charge < -0.3 is 14.8 Å². The molecular weight excluding hydrogens is 292 g/mol. The Morgan fingerprint density at radius 1 is 1.39 bits per heavy atom. The van der Waals surface area contributed by atoms with E-state index in [1.54, 1.807) is 11.6 Å². The molecule has 1 unspecified atom stereocenters. The minimum atomic E-state index is -0.0866. The average molecular weight is 314 g/mol. The average Bonchev–Trinajstić information content (AvgIpc) is 2.60. The smallest absolute Gasteiger partial charge is 0.293 e. The third-order valence-corrected chi connectivity index (χ3v) is 4.49. The summed E-state index contributed by atoms with van der Waals surface area (Å²) < 4.78 is 1.75. The van der Waals surface area contributed by atoms with Gasteiger partial charge in [0.15, 0.2) is 5.82 Å². The van der Waals surface area contributed by atoms with E-state index in [1.807, 2.05) is 36.1 Å². The molecule has 23 heavy (non-hydrogen) atoms. The van der Waals surface area contributed by atoms with Gasteiger partial charge in [-0.2, -0.15) is 0 Å². The monoisotopic (exact) mass is 314 g/mol. The van der Waals surface area contributed by atoms with Gasteiger partial charge in [0.2, 0.25) is 5.91 Å². The quantitative estimate of drug-likeness (QED) is 0.929. The molecule has 0 spiro atoms. The van der Waals surface area contributed by atoms with Gasteiger partial charge in [-0.3, -0.25) is 9.59 Å². The number of nitrogens with one attached hydrogen (secondary N) is 1. The molecule has 1 atom stereocenters. The van der Waals surface area contributed by atoms with Crippen molar-refractivity contribution in [1.82, 2.24) is 14.9 Å². The zero-order valence-corrected chi connectivity index (χ0v) is 13.6.